The maximum Gasteiger partial charge on any atom is 0.339 e. The molecule has 0 spiro atoms. The van der Waals surface area contributed by atoms with E-state index in [-0.39, 0.29) is 5.91 Å². The summed E-state index contributed by atoms with van der Waals surface area (Å²) < 4.78 is 5.45. The Hall–Kier alpha value is -3.08. The number of para-hydroxylation sites is 1. The largest absolute Gasteiger partial charge is 0.448 e. The third-order valence-electron chi connectivity index (χ3n) is 5.36. The van der Waals surface area contributed by atoms with Gasteiger partial charge in [-0.25, -0.2) is 4.79 Å². The molecule has 3 aromatic rings. The van der Waals surface area contributed by atoms with Crippen LogP contribution in [0.3, 0.4) is 0 Å². The highest BCUT2D eigenvalue weighted by Gasteiger charge is 2.35. The summed E-state index contributed by atoms with van der Waals surface area (Å²) in [7, 11) is 0. The van der Waals surface area contributed by atoms with Gasteiger partial charge in [0.15, 0.2) is 6.10 Å². The number of H-pyrrole nitrogens is 1. The van der Waals surface area contributed by atoms with Crippen LogP contribution in [0.15, 0.2) is 48.5 Å². The Labute approximate surface area is 150 Å². The number of hydrogen-bond acceptors (Lipinski definition) is 3. The molecule has 1 N–H and O–H groups in total. The Balaban J connectivity index is 1.41. The number of aromatic nitrogens is 1. The fourth-order valence-electron chi connectivity index (χ4n) is 4.03. The predicted molar refractivity (Wildman–Crippen MR) is 96.8 cm³/mol. The molecule has 3 heterocycles. The zero-order chi connectivity index (χ0) is 17.7. The number of cyclic esters (lactones) is 1. The van der Waals surface area contributed by atoms with Crippen LogP contribution in [0, 0.1) is 0 Å². The molecule has 0 radical (unpaired) electrons. The van der Waals surface area contributed by atoms with Crippen molar-refractivity contribution in [2.24, 2.45) is 0 Å². The molecule has 1 amide bonds. The van der Waals surface area contributed by atoms with E-state index in [2.05, 4.69) is 17.1 Å². The van der Waals surface area contributed by atoms with Crippen LogP contribution in [-0.2, 0) is 28.9 Å². The molecule has 0 saturated heterocycles. The molecule has 5 heteroatoms. The number of benzene rings is 2. The maximum atomic E-state index is 13.0. The highest BCUT2D eigenvalue weighted by atomic mass is 16.5. The topological polar surface area (TPSA) is 62.4 Å². The van der Waals surface area contributed by atoms with E-state index in [0.29, 0.717) is 25.1 Å². The molecule has 130 valence electrons. The molecule has 5 rings (SSSR count). The number of aromatic amines is 1. The zero-order valence-corrected chi connectivity index (χ0v) is 14.2. The highest BCUT2D eigenvalue weighted by Crippen LogP contribution is 2.29. The Kier molecular flexibility index (Phi) is 3.35. The van der Waals surface area contributed by atoms with E-state index in [1.807, 2.05) is 35.2 Å². The van der Waals surface area contributed by atoms with Crippen LogP contribution in [0.4, 0.5) is 0 Å². The Morgan fingerprint density at radius 3 is 2.85 bits per heavy atom. The molecule has 26 heavy (non-hydrogen) atoms. The smallest absolute Gasteiger partial charge is 0.339 e. The minimum Gasteiger partial charge on any atom is -0.448 e. The average molecular weight is 346 g/mol. The van der Waals surface area contributed by atoms with E-state index in [4.69, 9.17) is 4.74 Å². The van der Waals surface area contributed by atoms with Gasteiger partial charge in [-0.2, -0.15) is 0 Å². The molecule has 0 saturated carbocycles. The molecule has 2 aliphatic heterocycles. The van der Waals surface area contributed by atoms with E-state index >= 15 is 0 Å². The first-order valence-electron chi connectivity index (χ1n) is 8.87. The second-order valence-corrected chi connectivity index (χ2v) is 6.89. The normalized spacial score (nSPS) is 19.0. The van der Waals surface area contributed by atoms with Crippen LogP contribution in [0.25, 0.3) is 10.9 Å². The van der Waals surface area contributed by atoms with Crippen molar-refractivity contribution in [3.05, 3.63) is 70.9 Å². The molecule has 0 aliphatic carbocycles. The first-order chi connectivity index (χ1) is 12.7. The van der Waals surface area contributed by atoms with Crippen molar-refractivity contribution >= 4 is 22.8 Å². The molecule has 2 aliphatic rings. The number of esters is 1. The second-order valence-electron chi connectivity index (χ2n) is 6.89. The summed E-state index contributed by atoms with van der Waals surface area (Å²) in [5.41, 5.74) is 4.91. The molecular formula is C21H18N2O3. The first-order valence-corrected chi connectivity index (χ1v) is 8.87. The summed E-state index contributed by atoms with van der Waals surface area (Å²) in [6.07, 6.45) is 0.495. The standard InChI is InChI=1S/C21H18N2O3/c24-20(19-11-13-5-1-2-6-14(13)21(25)26-19)23-10-9-18-16(12-23)15-7-3-4-8-17(15)22-18/h1-8,19,22H,9-12H2/t19-/m0/s1. The van der Waals surface area contributed by atoms with Gasteiger partial charge in [0.2, 0.25) is 0 Å². The molecular weight excluding hydrogens is 328 g/mol. The van der Waals surface area contributed by atoms with Gasteiger partial charge in [-0.05, 0) is 17.7 Å². The van der Waals surface area contributed by atoms with Crippen molar-refractivity contribution in [3.63, 3.8) is 0 Å². The number of rotatable bonds is 1. The lowest BCUT2D eigenvalue weighted by atomic mass is 9.97. The number of amides is 1. The lowest BCUT2D eigenvalue weighted by Crippen LogP contribution is -2.46. The van der Waals surface area contributed by atoms with Crippen LogP contribution in [0.1, 0.15) is 27.2 Å². The lowest BCUT2D eigenvalue weighted by molar-refractivity contribution is -0.142. The molecule has 0 unspecified atom stereocenters. The summed E-state index contributed by atoms with van der Waals surface area (Å²) in [6.45, 7) is 1.18. The van der Waals surface area contributed by atoms with E-state index in [0.717, 1.165) is 22.9 Å². The SMILES string of the molecule is O=C1O[C@H](C(=O)N2CCc3[nH]c4ccccc4c3C2)Cc2ccccc21. The zero-order valence-electron chi connectivity index (χ0n) is 14.2. The van der Waals surface area contributed by atoms with Gasteiger partial charge in [0.25, 0.3) is 5.91 Å². The number of nitrogens with zero attached hydrogens (tertiary/aromatic N) is 1. The van der Waals surface area contributed by atoms with Crippen molar-refractivity contribution in [1.82, 2.24) is 9.88 Å². The first kappa shape index (κ1) is 15.2. The highest BCUT2D eigenvalue weighted by molar-refractivity contribution is 5.96. The fraction of sp³-hybridized carbons (Fsp3) is 0.238. The van der Waals surface area contributed by atoms with Gasteiger partial charge < -0.3 is 14.6 Å². The van der Waals surface area contributed by atoms with Crippen LogP contribution < -0.4 is 0 Å². The summed E-state index contributed by atoms with van der Waals surface area (Å²) in [5.74, 6) is -0.515. The molecule has 2 aromatic carbocycles. The van der Waals surface area contributed by atoms with E-state index in [9.17, 15) is 9.59 Å². The molecule has 1 atom stereocenters. The number of nitrogens with one attached hydrogen (secondary N) is 1. The second kappa shape index (κ2) is 5.73. The summed E-state index contributed by atoms with van der Waals surface area (Å²) in [6, 6.07) is 15.5. The Bertz CT molecular complexity index is 1040. The minimum atomic E-state index is -0.732. The molecule has 0 fully saturated rings. The lowest BCUT2D eigenvalue weighted by Gasteiger charge is -2.32. The van der Waals surface area contributed by atoms with E-state index < -0.39 is 12.1 Å². The Morgan fingerprint density at radius 2 is 1.92 bits per heavy atom. The number of carbonyl (C=O) groups excluding carboxylic acids is 2. The van der Waals surface area contributed by atoms with Crippen LogP contribution in [0.2, 0.25) is 0 Å². The predicted octanol–water partition coefficient (Wildman–Crippen LogP) is 2.83. The van der Waals surface area contributed by atoms with Crippen molar-refractivity contribution in [2.45, 2.75) is 25.5 Å². The minimum absolute atomic E-state index is 0.108. The van der Waals surface area contributed by atoms with Gasteiger partial charge in [-0.3, -0.25) is 4.79 Å². The van der Waals surface area contributed by atoms with Gasteiger partial charge in [0.05, 0.1) is 5.56 Å². The molecule has 1 aromatic heterocycles. The average Bonchev–Trinajstić information content (AvgIpc) is 3.05. The van der Waals surface area contributed by atoms with Gasteiger partial charge in [0.1, 0.15) is 0 Å². The monoisotopic (exact) mass is 346 g/mol. The van der Waals surface area contributed by atoms with Crippen LogP contribution >= 0.6 is 0 Å². The number of hydrogen-bond donors (Lipinski definition) is 1. The number of ether oxygens (including phenoxy) is 1. The fourth-order valence-corrected chi connectivity index (χ4v) is 4.03. The van der Waals surface area contributed by atoms with Crippen LogP contribution in [0.5, 0.6) is 0 Å². The molecule has 5 nitrogen and oxygen atoms in total. The van der Waals surface area contributed by atoms with Crippen molar-refractivity contribution in [1.29, 1.82) is 0 Å². The van der Waals surface area contributed by atoms with Crippen molar-refractivity contribution in [2.75, 3.05) is 6.54 Å². The summed E-state index contributed by atoms with van der Waals surface area (Å²) >= 11 is 0. The molecule has 0 bridgehead atoms. The number of fused-ring (bicyclic) bond motifs is 4. The Morgan fingerprint density at radius 1 is 1.12 bits per heavy atom. The third-order valence-corrected chi connectivity index (χ3v) is 5.36. The summed E-state index contributed by atoms with van der Waals surface area (Å²) in [5, 5.41) is 1.16. The van der Waals surface area contributed by atoms with Gasteiger partial charge in [-0.15, -0.1) is 0 Å². The quantitative estimate of drug-likeness (QED) is 0.689. The van der Waals surface area contributed by atoms with Crippen molar-refractivity contribution in [3.8, 4) is 0 Å². The third kappa shape index (κ3) is 2.31. The van der Waals surface area contributed by atoms with Gasteiger partial charge in [0, 0.05) is 48.1 Å². The maximum absolute atomic E-state index is 13.0. The van der Waals surface area contributed by atoms with E-state index in [1.165, 1.54) is 11.3 Å². The van der Waals surface area contributed by atoms with Crippen molar-refractivity contribution < 1.29 is 14.3 Å². The summed E-state index contributed by atoms with van der Waals surface area (Å²) in [4.78, 5) is 30.5. The van der Waals surface area contributed by atoms with E-state index in [1.54, 1.807) is 6.07 Å². The number of carbonyl (C=O) groups is 2. The van der Waals surface area contributed by atoms with Crippen LogP contribution in [-0.4, -0.2) is 34.4 Å². The van der Waals surface area contributed by atoms with Gasteiger partial charge >= 0.3 is 5.97 Å². The van der Waals surface area contributed by atoms with Gasteiger partial charge in [-0.1, -0.05) is 36.4 Å².